The van der Waals surface area contributed by atoms with E-state index in [0.717, 1.165) is 6.42 Å². The lowest BCUT2D eigenvalue weighted by Gasteiger charge is -2.10. The maximum absolute atomic E-state index is 12.0. The topological polar surface area (TPSA) is 76.7 Å². The fourth-order valence-corrected chi connectivity index (χ4v) is 1.91. The van der Waals surface area contributed by atoms with Crippen LogP contribution in [0.4, 0.5) is 0 Å². The summed E-state index contributed by atoms with van der Waals surface area (Å²) in [6, 6.07) is 4.81. The number of ether oxygens (including phenoxy) is 2. The molecule has 0 aliphatic heterocycles. The van der Waals surface area contributed by atoms with Gasteiger partial charge in [0.2, 0.25) is 5.91 Å². The molecule has 1 aromatic carbocycles. The Kier molecular flexibility index (Phi) is 4.12. The summed E-state index contributed by atoms with van der Waals surface area (Å²) in [5.74, 6) is 0.858. The molecule has 108 valence electrons. The summed E-state index contributed by atoms with van der Waals surface area (Å²) < 4.78 is 10.2. The van der Waals surface area contributed by atoms with Crippen LogP contribution < -0.4 is 20.3 Å². The molecule has 0 radical (unpaired) electrons. The molecule has 0 bridgehead atoms. The van der Waals surface area contributed by atoms with Gasteiger partial charge < -0.3 is 9.47 Å². The largest absolute Gasteiger partial charge is 0.497 e. The second-order valence-corrected chi connectivity index (χ2v) is 4.86. The highest BCUT2D eigenvalue weighted by Gasteiger charge is 2.39. The maximum atomic E-state index is 12.0. The molecule has 1 aliphatic rings. The van der Waals surface area contributed by atoms with E-state index in [1.807, 2.05) is 6.92 Å². The van der Waals surface area contributed by atoms with Crippen molar-refractivity contribution in [2.24, 2.45) is 11.8 Å². The first-order valence-electron chi connectivity index (χ1n) is 6.38. The lowest BCUT2D eigenvalue weighted by atomic mass is 10.2. The van der Waals surface area contributed by atoms with Crippen LogP contribution in [0.3, 0.4) is 0 Å². The minimum absolute atomic E-state index is 0.00939. The fourth-order valence-electron chi connectivity index (χ4n) is 1.91. The van der Waals surface area contributed by atoms with E-state index in [2.05, 4.69) is 10.9 Å². The zero-order valence-corrected chi connectivity index (χ0v) is 11.7. The second kappa shape index (κ2) is 5.81. The molecule has 2 unspecified atom stereocenters. The molecule has 20 heavy (non-hydrogen) atoms. The Morgan fingerprint density at radius 1 is 1.10 bits per heavy atom. The van der Waals surface area contributed by atoms with Gasteiger partial charge in [0, 0.05) is 17.5 Å². The van der Waals surface area contributed by atoms with Crippen LogP contribution in [0.25, 0.3) is 0 Å². The van der Waals surface area contributed by atoms with Crippen molar-refractivity contribution in [2.75, 3.05) is 14.2 Å². The van der Waals surface area contributed by atoms with Gasteiger partial charge in [-0.25, -0.2) is 0 Å². The Morgan fingerprint density at radius 3 is 2.10 bits per heavy atom. The highest BCUT2D eigenvalue weighted by molar-refractivity contribution is 5.96. The van der Waals surface area contributed by atoms with Gasteiger partial charge >= 0.3 is 0 Å². The van der Waals surface area contributed by atoms with E-state index in [-0.39, 0.29) is 11.8 Å². The number of hydrazine groups is 1. The first kappa shape index (κ1) is 14.2. The number of nitrogens with one attached hydrogen (secondary N) is 2. The Balaban J connectivity index is 1.99. The summed E-state index contributed by atoms with van der Waals surface area (Å²) in [5.41, 5.74) is 5.17. The lowest BCUT2D eigenvalue weighted by molar-refractivity contribution is -0.123. The summed E-state index contributed by atoms with van der Waals surface area (Å²) >= 11 is 0. The zero-order chi connectivity index (χ0) is 14.7. The number of hydrogen-bond acceptors (Lipinski definition) is 4. The first-order valence-corrected chi connectivity index (χ1v) is 6.38. The van der Waals surface area contributed by atoms with Gasteiger partial charge in [0.1, 0.15) is 11.5 Å². The summed E-state index contributed by atoms with van der Waals surface area (Å²) in [4.78, 5) is 23.6. The number of carbonyl (C=O) groups excluding carboxylic acids is 2. The van der Waals surface area contributed by atoms with Crippen LogP contribution in [-0.4, -0.2) is 26.0 Å². The van der Waals surface area contributed by atoms with Crippen molar-refractivity contribution in [3.63, 3.8) is 0 Å². The number of hydrogen-bond donors (Lipinski definition) is 2. The number of amides is 2. The van der Waals surface area contributed by atoms with Gasteiger partial charge in [-0.1, -0.05) is 6.92 Å². The first-order chi connectivity index (χ1) is 9.55. The Labute approximate surface area is 117 Å². The van der Waals surface area contributed by atoms with Crippen LogP contribution in [0.2, 0.25) is 0 Å². The maximum Gasteiger partial charge on any atom is 0.269 e. The number of carbonyl (C=O) groups is 2. The third-order valence-electron chi connectivity index (χ3n) is 3.36. The molecular formula is C14H18N2O4. The number of benzene rings is 1. The van der Waals surface area contributed by atoms with Gasteiger partial charge in [0.15, 0.2) is 0 Å². The average Bonchev–Trinajstić information content (AvgIpc) is 3.20. The van der Waals surface area contributed by atoms with E-state index >= 15 is 0 Å². The van der Waals surface area contributed by atoms with Crippen molar-refractivity contribution in [1.82, 2.24) is 10.9 Å². The van der Waals surface area contributed by atoms with E-state index in [1.165, 1.54) is 14.2 Å². The summed E-state index contributed by atoms with van der Waals surface area (Å²) in [7, 11) is 3.01. The Hall–Kier alpha value is -2.24. The molecular weight excluding hydrogens is 260 g/mol. The van der Waals surface area contributed by atoms with E-state index in [4.69, 9.17) is 9.47 Å². The van der Waals surface area contributed by atoms with E-state index in [9.17, 15) is 9.59 Å². The van der Waals surface area contributed by atoms with Gasteiger partial charge in [0.05, 0.1) is 14.2 Å². The normalized spacial score (nSPS) is 19.9. The minimum Gasteiger partial charge on any atom is -0.497 e. The third kappa shape index (κ3) is 3.20. The van der Waals surface area contributed by atoms with Crippen LogP contribution in [-0.2, 0) is 4.79 Å². The van der Waals surface area contributed by atoms with Gasteiger partial charge in [-0.05, 0) is 24.5 Å². The van der Waals surface area contributed by atoms with Crippen molar-refractivity contribution in [1.29, 1.82) is 0 Å². The lowest BCUT2D eigenvalue weighted by Crippen LogP contribution is -2.42. The SMILES string of the molecule is COc1cc(OC)cc(C(=O)NNC(=O)C2CC2C)c1. The highest BCUT2D eigenvalue weighted by atomic mass is 16.5. The molecule has 0 heterocycles. The fraction of sp³-hybridized carbons (Fsp3) is 0.429. The molecule has 2 rings (SSSR count). The van der Waals surface area contributed by atoms with Gasteiger partial charge in [-0.2, -0.15) is 0 Å². The molecule has 1 aliphatic carbocycles. The average molecular weight is 278 g/mol. The molecule has 2 amide bonds. The molecule has 1 saturated carbocycles. The van der Waals surface area contributed by atoms with Gasteiger partial charge in [-0.15, -0.1) is 0 Å². The van der Waals surface area contributed by atoms with Gasteiger partial charge in [0.25, 0.3) is 5.91 Å². The third-order valence-corrected chi connectivity index (χ3v) is 3.36. The van der Waals surface area contributed by atoms with Crippen molar-refractivity contribution < 1.29 is 19.1 Å². The molecule has 6 nitrogen and oxygen atoms in total. The van der Waals surface area contributed by atoms with Crippen LogP contribution in [0.1, 0.15) is 23.7 Å². The predicted molar refractivity (Wildman–Crippen MR) is 72.4 cm³/mol. The van der Waals surface area contributed by atoms with E-state index in [0.29, 0.717) is 23.0 Å². The number of methoxy groups -OCH3 is 2. The quantitative estimate of drug-likeness (QED) is 0.809. The summed E-state index contributed by atoms with van der Waals surface area (Å²) in [5, 5.41) is 0. The molecule has 0 aromatic heterocycles. The van der Waals surface area contributed by atoms with Crippen LogP contribution in [0.15, 0.2) is 18.2 Å². The Morgan fingerprint density at radius 2 is 1.65 bits per heavy atom. The number of rotatable bonds is 4. The highest BCUT2D eigenvalue weighted by Crippen LogP contribution is 2.37. The van der Waals surface area contributed by atoms with Crippen LogP contribution in [0, 0.1) is 11.8 Å². The molecule has 0 saturated heterocycles. The van der Waals surface area contributed by atoms with Crippen molar-refractivity contribution >= 4 is 11.8 Å². The summed E-state index contributed by atoms with van der Waals surface area (Å²) in [6.07, 6.45) is 0.870. The molecule has 6 heteroatoms. The van der Waals surface area contributed by atoms with Crippen LogP contribution in [0.5, 0.6) is 11.5 Å². The molecule has 1 aromatic rings. The Bertz CT molecular complexity index is 508. The minimum atomic E-state index is -0.413. The van der Waals surface area contributed by atoms with E-state index in [1.54, 1.807) is 18.2 Å². The molecule has 2 N–H and O–H groups in total. The molecule has 1 fully saturated rings. The molecule has 2 atom stereocenters. The molecule has 0 spiro atoms. The smallest absolute Gasteiger partial charge is 0.269 e. The second-order valence-electron chi connectivity index (χ2n) is 4.86. The summed E-state index contributed by atoms with van der Waals surface area (Å²) in [6.45, 7) is 2.00. The van der Waals surface area contributed by atoms with Crippen molar-refractivity contribution in [2.45, 2.75) is 13.3 Å². The van der Waals surface area contributed by atoms with E-state index < -0.39 is 5.91 Å². The van der Waals surface area contributed by atoms with Crippen molar-refractivity contribution in [3.8, 4) is 11.5 Å². The zero-order valence-electron chi connectivity index (χ0n) is 11.7. The van der Waals surface area contributed by atoms with Gasteiger partial charge in [-0.3, -0.25) is 20.4 Å². The van der Waals surface area contributed by atoms with Crippen molar-refractivity contribution in [3.05, 3.63) is 23.8 Å². The predicted octanol–water partition coefficient (Wildman–Crippen LogP) is 1.12. The monoisotopic (exact) mass is 278 g/mol. The van der Waals surface area contributed by atoms with Crippen LogP contribution >= 0.6 is 0 Å². The standard InChI is InChI=1S/C14H18N2O4/c1-8-4-12(8)14(18)16-15-13(17)9-5-10(19-2)7-11(6-9)20-3/h5-8,12H,4H2,1-3H3,(H,15,17)(H,16,18).